The molecule has 484 valence electrons. The van der Waals surface area contributed by atoms with Crippen LogP contribution >= 0.6 is 0 Å². The molecule has 5 aliphatic rings. The third kappa shape index (κ3) is 16.5. The Morgan fingerprint density at radius 1 is 0.703 bits per heavy atom. The molecule has 7 amide bonds. The number of imide groups is 1. The summed E-state index contributed by atoms with van der Waals surface area (Å²) in [7, 11) is -1.50. The first kappa shape index (κ1) is 66.8. The number of hydrogen-bond acceptors (Lipinski definition) is 14. The Hall–Kier alpha value is -8.63. The van der Waals surface area contributed by atoms with Crippen LogP contribution in [0.5, 0.6) is 23.0 Å². The lowest BCUT2D eigenvalue weighted by Crippen LogP contribution is -2.45. The van der Waals surface area contributed by atoms with E-state index in [1.807, 2.05) is 48.4 Å². The molecular formula is C69H82N6O15S. The van der Waals surface area contributed by atoms with Crippen molar-refractivity contribution in [1.82, 2.24) is 25.3 Å². The van der Waals surface area contributed by atoms with Crippen molar-refractivity contribution in [2.75, 3.05) is 45.8 Å². The molecule has 9 rings (SSSR count). The van der Waals surface area contributed by atoms with E-state index in [1.165, 1.54) is 24.0 Å². The zero-order valence-corrected chi connectivity index (χ0v) is 53.4. The van der Waals surface area contributed by atoms with Crippen molar-refractivity contribution < 1.29 is 70.3 Å². The van der Waals surface area contributed by atoms with Gasteiger partial charge in [-0.3, -0.25) is 47.8 Å². The van der Waals surface area contributed by atoms with Crippen LogP contribution in [0.2, 0.25) is 0 Å². The number of carbonyl (C=O) groups excluding carboxylic acids is 8. The van der Waals surface area contributed by atoms with E-state index < -0.39 is 45.2 Å². The van der Waals surface area contributed by atoms with Crippen LogP contribution in [-0.2, 0) is 51.7 Å². The normalized spacial score (nSPS) is 18.3. The Bertz CT molecular complexity index is 3620. The standard InChI is InChI=1S/C69H82N6O15S/c1-42(2)66(72-63(78)15-9-7-10-29-73-64(79)26-27-65(73)80)58(77)35-48(14-13-28-70-44(4)76)67(81)71-52-21-16-45(17-22-52)51-34-57-62(91(84,85)86)38-49-37-59(43(3)32-55(49)69(83)75(57)41-51)89-30-11-8-12-31-90-61-36-47-18-23-53-33-50(46-19-24-54(87-5)25-20-46)40-74(53)68(82)56(47)39-60(61)88-6/h16-17,19-22,24-27,32,36-37,39-42,48,53,57,62,66H,7-15,18,23,28-31,33-35,38H2,1-6H3,(H,70,76)(H,71,81)(H,72,78)(H,84,85,86)/t48?,53-,57+,62?,66?/m1/s1. The summed E-state index contributed by atoms with van der Waals surface area (Å²) in [6, 6.07) is 20.0. The van der Waals surface area contributed by atoms with Crippen molar-refractivity contribution in [2.45, 2.75) is 147 Å². The van der Waals surface area contributed by atoms with E-state index in [0.717, 1.165) is 46.6 Å². The smallest absolute Gasteiger partial charge is 0.270 e. The molecule has 0 aliphatic carbocycles. The number of fused-ring (bicyclic) bond motifs is 4. The van der Waals surface area contributed by atoms with E-state index in [0.29, 0.717) is 114 Å². The molecule has 5 aliphatic heterocycles. The first-order valence-electron chi connectivity index (χ1n) is 31.4. The summed E-state index contributed by atoms with van der Waals surface area (Å²) in [5, 5.41) is 7.12. The molecule has 4 aromatic carbocycles. The maximum Gasteiger partial charge on any atom is 0.270 e. The third-order valence-electron chi connectivity index (χ3n) is 17.7. The second-order valence-electron chi connectivity index (χ2n) is 24.4. The Kier molecular flexibility index (Phi) is 22.0. The minimum atomic E-state index is -4.70. The minimum absolute atomic E-state index is 0.0477. The molecule has 5 heterocycles. The lowest BCUT2D eigenvalue weighted by molar-refractivity contribution is -0.137. The highest BCUT2D eigenvalue weighted by molar-refractivity contribution is 7.86. The van der Waals surface area contributed by atoms with Gasteiger partial charge in [0, 0.05) is 86.2 Å². The quantitative estimate of drug-likeness (QED) is 0.0215. The van der Waals surface area contributed by atoms with Gasteiger partial charge in [0.1, 0.15) is 16.7 Å². The zero-order valence-electron chi connectivity index (χ0n) is 52.5. The number of anilines is 1. The molecule has 21 nitrogen and oxygen atoms in total. The van der Waals surface area contributed by atoms with Gasteiger partial charge in [0.15, 0.2) is 17.3 Å². The summed E-state index contributed by atoms with van der Waals surface area (Å²) in [4.78, 5) is 109. The highest BCUT2D eigenvalue weighted by atomic mass is 32.2. The van der Waals surface area contributed by atoms with E-state index in [2.05, 4.69) is 16.0 Å². The fourth-order valence-corrected chi connectivity index (χ4v) is 13.6. The predicted molar refractivity (Wildman–Crippen MR) is 342 cm³/mol. The number of amides is 7. The van der Waals surface area contributed by atoms with Crippen molar-refractivity contribution in [3.63, 3.8) is 0 Å². The van der Waals surface area contributed by atoms with Crippen molar-refractivity contribution in [3.05, 3.63) is 136 Å². The number of Topliss-reactive ketones (excluding diaryl/α,β-unsaturated/α-hetero) is 1. The van der Waals surface area contributed by atoms with Gasteiger partial charge >= 0.3 is 0 Å². The maximum atomic E-state index is 14.4. The van der Waals surface area contributed by atoms with Crippen LogP contribution in [0, 0.1) is 18.8 Å². The SMILES string of the molecule is COc1ccc(C2=CN3C(=O)c4cc(OC)c(OCCCCCOc5cc6c(cc5C)C(=O)N5C=C(c7ccc(NC(=O)C(CCCNC(C)=O)CC(=O)C(NC(=O)CCCCCN8C(=O)C=CC8=O)C(C)C)cc7)C[C@H]5C(S(=O)(=O)O)C6)cc4CC[C@@H]3C2)cc1. The monoisotopic (exact) mass is 1270 g/mol. The highest BCUT2D eigenvalue weighted by Gasteiger charge is 2.45. The lowest BCUT2D eigenvalue weighted by atomic mass is 9.89. The Morgan fingerprint density at radius 2 is 1.33 bits per heavy atom. The Balaban J connectivity index is 0.772. The maximum absolute atomic E-state index is 14.4. The number of rotatable bonds is 30. The average molecular weight is 1270 g/mol. The number of nitrogens with one attached hydrogen (secondary N) is 3. The number of unbranched alkanes of at least 4 members (excludes halogenated alkanes) is 4. The summed E-state index contributed by atoms with van der Waals surface area (Å²) >= 11 is 0. The van der Waals surface area contributed by atoms with E-state index in [9.17, 15) is 51.3 Å². The summed E-state index contributed by atoms with van der Waals surface area (Å²) in [5.41, 5.74) is 6.81. The molecule has 4 aromatic rings. The number of methoxy groups -OCH3 is 2. The largest absolute Gasteiger partial charge is 0.497 e. The molecule has 5 atom stereocenters. The average Bonchev–Trinajstić information content (AvgIpc) is 1.65. The van der Waals surface area contributed by atoms with Gasteiger partial charge < -0.3 is 44.7 Å². The summed E-state index contributed by atoms with van der Waals surface area (Å²) < 4.78 is 60.7. The van der Waals surface area contributed by atoms with E-state index >= 15 is 0 Å². The molecule has 0 saturated carbocycles. The Labute approximate surface area is 531 Å². The second-order valence-corrected chi connectivity index (χ2v) is 26.0. The van der Waals surface area contributed by atoms with Crippen LogP contribution in [0.1, 0.15) is 153 Å². The van der Waals surface area contributed by atoms with Crippen molar-refractivity contribution in [2.24, 2.45) is 11.8 Å². The van der Waals surface area contributed by atoms with Crippen molar-refractivity contribution in [1.29, 1.82) is 0 Å². The molecule has 4 N–H and O–H groups in total. The van der Waals surface area contributed by atoms with Crippen LogP contribution in [0.25, 0.3) is 11.1 Å². The van der Waals surface area contributed by atoms with Crippen LogP contribution in [0.4, 0.5) is 5.69 Å². The van der Waals surface area contributed by atoms with Gasteiger partial charge in [-0.1, -0.05) is 44.5 Å². The van der Waals surface area contributed by atoms with E-state index in [4.69, 9.17) is 18.9 Å². The molecule has 0 radical (unpaired) electrons. The van der Waals surface area contributed by atoms with Crippen LogP contribution in [-0.4, -0.2) is 139 Å². The van der Waals surface area contributed by atoms with E-state index in [1.54, 1.807) is 76.7 Å². The molecule has 0 spiro atoms. The number of nitrogens with zero attached hydrogens (tertiary/aromatic N) is 3. The number of ketones is 1. The zero-order chi connectivity index (χ0) is 65.1. The summed E-state index contributed by atoms with van der Waals surface area (Å²) in [5.74, 6) is -1.32. The molecule has 91 heavy (non-hydrogen) atoms. The number of ether oxygens (including phenoxy) is 4. The first-order valence-corrected chi connectivity index (χ1v) is 32.9. The summed E-state index contributed by atoms with van der Waals surface area (Å²) in [6.45, 7) is 8.09. The second kappa shape index (κ2) is 30.0. The van der Waals surface area contributed by atoms with Gasteiger partial charge in [-0.25, -0.2) is 0 Å². The fourth-order valence-electron chi connectivity index (χ4n) is 12.6. The number of aryl methyl sites for hydroxylation is 2. The number of benzene rings is 4. The van der Waals surface area contributed by atoms with Gasteiger partial charge in [0.25, 0.3) is 33.7 Å². The highest BCUT2D eigenvalue weighted by Crippen LogP contribution is 2.42. The van der Waals surface area contributed by atoms with Crippen LogP contribution in [0.3, 0.4) is 0 Å². The van der Waals surface area contributed by atoms with Crippen molar-refractivity contribution >= 4 is 74.1 Å². The fraction of sp³-hybridized carbons (Fsp3) is 0.449. The molecular weight excluding hydrogens is 1180 g/mol. The van der Waals surface area contributed by atoms with Gasteiger partial charge in [-0.05, 0) is 177 Å². The topological polar surface area (TPSA) is 274 Å². The molecule has 0 bridgehead atoms. The van der Waals surface area contributed by atoms with Crippen molar-refractivity contribution in [3.8, 4) is 23.0 Å². The van der Waals surface area contributed by atoms with E-state index in [-0.39, 0.29) is 92.5 Å². The molecule has 0 saturated heterocycles. The number of carbonyl (C=O) groups is 8. The first-order chi connectivity index (χ1) is 43.6. The molecule has 0 aromatic heterocycles. The van der Waals surface area contributed by atoms with Gasteiger partial charge in [-0.2, -0.15) is 8.42 Å². The molecule has 22 heteroatoms. The lowest BCUT2D eigenvalue weighted by Gasteiger charge is -2.26. The predicted octanol–water partition coefficient (Wildman–Crippen LogP) is 8.97. The van der Waals surface area contributed by atoms with Gasteiger partial charge in [0.2, 0.25) is 17.7 Å². The van der Waals surface area contributed by atoms with Crippen LogP contribution in [0.15, 0.2) is 97.3 Å². The van der Waals surface area contributed by atoms with Gasteiger partial charge in [-0.15, -0.1) is 0 Å². The third-order valence-corrected chi connectivity index (χ3v) is 18.9. The van der Waals surface area contributed by atoms with Crippen LogP contribution < -0.4 is 34.9 Å². The number of hydrogen-bond donors (Lipinski definition) is 4. The Morgan fingerprint density at radius 3 is 1.99 bits per heavy atom. The molecule has 3 unspecified atom stereocenters. The molecule has 0 fully saturated rings. The summed E-state index contributed by atoms with van der Waals surface area (Å²) in [6.07, 6.45) is 12.6. The van der Waals surface area contributed by atoms with Gasteiger partial charge in [0.05, 0.1) is 39.5 Å². The minimum Gasteiger partial charge on any atom is -0.497 e.